The lowest BCUT2D eigenvalue weighted by Gasteiger charge is -2.41. The summed E-state index contributed by atoms with van der Waals surface area (Å²) < 4.78 is 5.78. The Kier molecular flexibility index (Phi) is 2.89. The molecule has 1 aliphatic heterocycles. The van der Waals surface area contributed by atoms with Crippen LogP contribution in [0.25, 0.3) is 0 Å². The highest BCUT2D eigenvalue weighted by Gasteiger charge is 2.35. The summed E-state index contributed by atoms with van der Waals surface area (Å²) in [5, 5.41) is 0. The molecule has 0 aliphatic carbocycles. The van der Waals surface area contributed by atoms with Gasteiger partial charge in [-0.3, -0.25) is 0 Å². The summed E-state index contributed by atoms with van der Waals surface area (Å²) in [5.74, 6) is 0.409. The minimum atomic E-state index is -0.113. The van der Waals surface area contributed by atoms with Crippen LogP contribution in [0.1, 0.15) is 40.0 Å². The second-order valence-corrected chi connectivity index (χ2v) is 4.21. The summed E-state index contributed by atoms with van der Waals surface area (Å²) in [6.45, 7) is 6.26. The molecular weight excluding hydrogens is 152 g/mol. The molecule has 2 atom stereocenters. The maximum absolute atomic E-state index is 10.4. The Hall–Kier alpha value is -0.370. The predicted molar refractivity (Wildman–Crippen MR) is 48.0 cm³/mol. The number of hydrogen-bond donors (Lipinski definition) is 0. The topological polar surface area (TPSA) is 26.3 Å². The molecule has 2 heteroatoms. The van der Waals surface area contributed by atoms with Crippen LogP contribution in [0.5, 0.6) is 0 Å². The highest BCUT2D eigenvalue weighted by Crippen LogP contribution is 2.35. The van der Waals surface area contributed by atoms with Crippen LogP contribution in [0.3, 0.4) is 0 Å². The second kappa shape index (κ2) is 3.56. The van der Waals surface area contributed by atoms with E-state index in [1.165, 1.54) is 0 Å². The van der Waals surface area contributed by atoms with E-state index in [2.05, 4.69) is 20.8 Å². The molecule has 0 aromatic carbocycles. The lowest BCUT2D eigenvalue weighted by Crippen LogP contribution is -2.42. The molecule has 0 bridgehead atoms. The largest absolute Gasteiger partial charge is 0.372 e. The molecule has 0 aromatic heterocycles. The first-order valence-electron chi connectivity index (χ1n) is 4.67. The first kappa shape index (κ1) is 9.72. The standard InChI is InChI=1S/C10H18O2/c1-8-4-5-9(6-7-11)10(2,3)12-8/h7-9H,4-6H2,1-3H3. The minimum absolute atomic E-state index is 0.113. The van der Waals surface area contributed by atoms with Crippen LogP contribution in [0.15, 0.2) is 0 Å². The van der Waals surface area contributed by atoms with E-state index < -0.39 is 0 Å². The van der Waals surface area contributed by atoms with Gasteiger partial charge >= 0.3 is 0 Å². The fraction of sp³-hybridized carbons (Fsp3) is 0.900. The molecule has 0 spiro atoms. The van der Waals surface area contributed by atoms with E-state index in [4.69, 9.17) is 4.74 Å². The van der Waals surface area contributed by atoms with Crippen molar-refractivity contribution in [1.82, 2.24) is 0 Å². The molecule has 1 heterocycles. The van der Waals surface area contributed by atoms with Crippen molar-refractivity contribution in [1.29, 1.82) is 0 Å². The van der Waals surface area contributed by atoms with E-state index in [0.29, 0.717) is 18.4 Å². The van der Waals surface area contributed by atoms with Crippen LogP contribution in [0, 0.1) is 5.92 Å². The molecule has 1 saturated heterocycles. The Morgan fingerprint density at radius 2 is 2.17 bits per heavy atom. The monoisotopic (exact) mass is 170 g/mol. The van der Waals surface area contributed by atoms with Crippen molar-refractivity contribution < 1.29 is 9.53 Å². The van der Waals surface area contributed by atoms with Crippen molar-refractivity contribution in [2.75, 3.05) is 0 Å². The molecule has 1 fully saturated rings. The van der Waals surface area contributed by atoms with Gasteiger partial charge in [0.1, 0.15) is 6.29 Å². The molecule has 1 rings (SSSR count). The smallest absolute Gasteiger partial charge is 0.120 e. The predicted octanol–water partition coefficient (Wildman–Crippen LogP) is 2.17. The molecule has 0 aromatic rings. The zero-order valence-electron chi connectivity index (χ0n) is 8.17. The van der Waals surface area contributed by atoms with E-state index >= 15 is 0 Å². The molecule has 2 nitrogen and oxygen atoms in total. The summed E-state index contributed by atoms with van der Waals surface area (Å²) in [6.07, 6.45) is 4.20. The van der Waals surface area contributed by atoms with Crippen LogP contribution >= 0.6 is 0 Å². The maximum Gasteiger partial charge on any atom is 0.120 e. The van der Waals surface area contributed by atoms with Crippen LogP contribution in [0.4, 0.5) is 0 Å². The van der Waals surface area contributed by atoms with E-state index in [9.17, 15) is 4.79 Å². The number of hydrogen-bond acceptors (Lipinski definition) is 2. The first-order valence-corrected chi connectivity index (χ1v) is 4.67. The van der Waals surface area contributed by atoms with E-state index in [-0.39, 0.29) is 5.60 Å². The maximum atomic E-state index is 10.4. The third kappa shape index (κ3) is 2.07. The van der Waals surface area contributed by atoms with Crippen molar-refractivity contribution in [2.45, 2.75) is 51.7 Å². The highest BCUT2D eigenvalue weighted by atomic mass is 16.5. The Morgan fingerprint density at radius 1 is 1.50 bits per heavy atom. The molecule has 70 valence electrons. The van der Waals surface area contributed by atoms with Gasteiger partial charge in [-0.2, -0.15) is 0 Å². The number of aldehydes is 1. The van der Waals surface area contributed by atoms with Crippen LogP contribution in [0.2, 0.25) is 0 Å². The van der Waals surface area contributed by atoms with Crippen LogP contribution < -0.4 is 0 Å². The molecule has 12 heavy (non-hydrogen) atoms. The van der Waals surface area contributed by atoms with Crippen molar-refractivity contribution in [3.63, 3.8) is 0 Å². The molecule has 1 aliphatic rings. The zero-order chi connectivity index (χ0) is 9.19. The summed E-state index contributed by atoms with van der Waals surface area (Å²) in [7, 11) is 0. The zero-order valence-corrected chi connectivity index (χ0v) is 8.17. The van der Waals surface area contributed by atoms with Gasteiger partial charge in [-0.1, -0.05) is 0 Å². The second-order valence-electron chi connectivity index (χ2n) is 4.21. The van der Waals surface area contributed by atoms with Crippen LogP contribution in [-0.2, 0) is 9.53 Å². The molecule has 0 amide bonds. The SMILES string of the molecule is CC1CCC(CC=O)C(C)(C)O1. The lowest BCUT2D eigenvalue weighted by atomic mass is 9.81. The normalized spacial score (nSPS) is 34.6. The average Bonchev–Trinajstić information content (AvgIpc) is 1.94. The number of rotatable bonds is 2. The molecule has 0 N–H and O–H groups in total. The Balaban J connectivity index is 2.57. The Labute approximate surface area is 74.3 Å². The van der Waals surface area contributed by atoms with Gasteiger partial charge in [-0.05, 0) is 39.5 Å². The molecular formula is C10H18O2. The number of ether oxygens (including phenoxy) is 1. The summed E-state index contributed by atoms with van der Waals surface area (Å²) in [5.41, 5.74) is -0.113. The van der Waals surface area contributed by atoms with Gasteiger partial charge in [0.25, 0.3) is 0 Å². The Morgan fingerprint density at radius 3 is 2.67 bits per heavy atom. The fourth-order valence-electron chi connectivity index (χ4n) is 1.97. The van der Waals surface area contributed by atoms with Gasteiger partial charge in [0, 0.05) is 6.42 Å². The quantitative estimate of drug-likeness (QED) is 0.594. The van der Waals surface area contributed by atoms with Crippen LogP contribution in [-0.4, -0.2) is 18.0 Å². The van der Waals surface area contributed by atoms with Crippen molar-refractivity contribution in [2.24, 2.45) is 5.92 Å². The minimum Gasteiger partial charge on any atom is -0.372 e. The summed E-state index contributed by atoms with van der Waals surface area (Å²) in [4.78, 5) is 10.4. The van der Waals surface area contributed by atoms with E-state index in [1.54, 1.807) is 0 Å². The number of carbonyl (C=O) groups is 1. The van der Waals surface area contributed by atoms with Crippen molar-refractivity contribution in [3.05, 3.63) is 0 Å². The first-order chi connectivity index (χ1) is 5.56. The molecule has 0 radical (unpaired) electrons. The third-order valence-corrected chi connectivity index (χ3v) is 2.79. The molecule has 0 saturated carbocycles. The van der Waals surface area contributed by atoms with Gasteiger partial charge in [-0.15, -0.1) is 0 Å². The average molecular weight is 170 g/mol. The highest BCUT2D eigenvalue weighted by molar-refractivity contribution is 5.50. The van der Waals surface area contributed by atoms with Gasteiger partial charge in [-0.25, -0.2) is 0 Å². The van der Waals surface area contributed by atoms with E-state index in [1.807, 2.05) is 0 Å². The summed E-state index contributed by atoms with van der Waals surface area (Å²) >= 11 is 0. The van der Waals surface area contributed by atoms with E-state index in [0.717, 1.165) is 19.1 Å². The van der Waals surface area contributed by atoms with Crippen molar-refractivity contribution in [3.8, 4) is 0 Å². The third-order valence-electron chi connectivity index (χ3n) is 2.79. The van der Waals surface area contributed by atoms with Gasteiger partial charge in [0.15, 0.2) is 0 Å². The van der Waals surface area contributed by atoms with Gasteiger partial charge < -0.3 is 9.53 Å². The lowest BCUT2D eigenvalue weighted by molar-refractivity contribution is -0.140. The number of carbonyl (C=O) groups excluding carboxylic acids is 1. The van der Waals surface area contributed by atoms with Gasteiger partial charge in [0.05, 0.1) is 11.7 Å². The van der Waals surface area contributed by atoms with Crippen molar-refractivity contribution >= 4 is 6.29 Å². The molecule has 2 unspecified atom stereocenters. The van der Waals surface area contributed by atoms with Gasteiger partial charge in [0.2, 0.25) is 0 Å². The summed E-state index contributed by atoms with van der Waals surface area (Å²) in [6, 6.07) is 0. The Bertz CT molecular complexity index is 163. The fourth-order valence-corrected chi connectivity index (χ4v) is 1.97.